The van der Waals surface area contributed by atoms with E-state index in [1.165, 1.54) is 6.07 Å². The molecule has 144 valence electrons. The number of carbonyl (C=O) groups is 1. The normalized spacial score (nSPS) is 14.4. The molecule has 7 nitrogen and oxygen atoms in total. The van der Waals surface area contributed by atoms with E-state index >= 15 is 0 Å². The van der Waals surface area contributed by atoms with E-state index in [4.69, 9.17) is 0 Å². The predicted molar refractivity (Wildman–Crippen MR) is 103 cm³/mol. The van der Waals surface area contributed by atoms with E-state index in [1.54, 1.807) is 29.3 Å². The molecule has 0 aliphatic carbocycles. The molecule has 4 rings (SSSR count). The van der Waals surface area contributed by atoms with E-state index in [0.29, 0.717) is 31.7 Å². The lowest BCUT2D eigenvalue weighted by molar-refractivity contribution is -0.130. The fraction of sp³-hybridized carbons (Fsp3) is 0.300. The number of aryl methyl sites for hydroxylation is 1. The van der Waals surface area contributed by atoms with Crippen LogP contribution < -0.4 is 4.90 Å². The first-order valence-corrected chi connectivity index (χ1v) is 9.22. The van der Waals surface area contributed by atoms with Gasteiger partial charge in [-0.1, -0.05) is 18.2 Å². The van der Waals surface area contributed by atoms with Crippen LogP contribution in [0.3, 0.4) is 0 Å². The second kappa shape index (κ2) is 7.75. The molecule has 8 heteroatoms. The van der Waals surface area contributed by atoms with E-state index in [1.807, 2.05) is 29.8 Å². The number of carbonyl (C=O) groups excluding carboxylic acids is 1. The first-order valence-electron chi connectivity index (χ1n) is 9.22. The van der Waals surface area contributed by atoms with Crippen molar-refractivity contribution in [3.05, 3.63) is 66.0 Å². The summed E-state index contributed by atoms with van der Waals surface area (Å²) in [6, 6.07) is 10.3. The molecule has 1 fully saturated rings. The Bertz CT molecular complexity index is 963. The molecule has 1 amide bonds. The van der Waals surface area contributed by atoms with Crippen molar-refractivity contribution >= 4 is 11.7 Å². The average Bonchev–Trinajstić information content (AvgIpc) is 3.16. The summed E-state index contributed by atoms with van der Waals surface area (Å²) >= 11 is 0. The molecule has 0 saturated carbocycles. The van der Waals surface area contributed by atoms with Gasteiger partial charge in [0, 0.05) is 38.6 Å². The van der Waals surface area contributed by atoms with E-state index in [2.05, 4.69) is 20.1 Å². The summed E-state index contributed by atoms with van der Waals surface area (Å²) in [4.78, 5) is 20.5. The summed E-state index contributed by atoms with van der Waals surface area (Å²) in [5, 5.41) is 8.61. The largest absolute Gasteiger partial charge is 0.352 e. The number of piperazine rings is 1. The smallest absolute Gasteiger partial charge is 0.227 e. The highest BCUT2D eigenvalue weighted by Crippen LogP contribution is 2.16. The zero-order chi connectivity index (χ0) is 19.5. The molecule has 1 saturated heterocycles. The van der Waals surface area contributed by atoms with Gasteiger partial charge in [0.05, 0.1) is 6.42 Å². The van der Waals surface area contributed by atoms with Gasteiger partial charge in [0.15, 0.2) is 11.6 Å². The van der Waals surface area contributed by atoms with Crippen molar-refractivity contribution in [1.29, 1.82) is 0 Å². The van der Waals surface area contributed by atoms with Crippen molar-refractivity contribution in [3.8, 4) is 5.82 Å². The fourth-order valence-electron chi connectivity index (χ4n) is 3.34. The van der Waals surface area contributed by atoms with Gasteiger partial charge in [-0.15, -0.1) is 10.2 Å². The summed E-state index contributed by atoms with van der Waals surface area (Å²) in [6.45, 7) is 4.41. The molecule has 28 heavy (non-hydrogen) atoms. The van der Waals surface area contributed by atoms with Crippen LogP contribution in [0.25, 0.3) is 5.82 Å². The number of hydrogen-bond acceptors (Lipinski definition) is 5. The van der Waals surface area contributed by atoms with Gasteiger partial charge in [0.25, 0.3) is 0 Å². The maximum atomic E-state index is 13.8. The van der Waals surface area contributed by atoms with Gasteiger partial charge in [0.1, 0.15) is 11.6 Å². The third kappa shape index (κ3) is 3.71. The van der Waals surface area contributed by atoms with Crippen LogP contribution in [0, 0.1) is 12.7 Å². The van der Waals surface area contributed by atoms with Gasteiger partial charge in [-0.25, -0.2) is 9.37 Å². The van der Waals surface area contributed by atoms with E-state index in [-0.39, 0.29) is 18.1 Å². The molecular formula is C20H21FN6O. The highest BCUT2D eigenvalue weighted by molar-refractivity contribution is 5.79. The lowest BCUT2D eigenvalue weighted by Crippen LogP contribution is -2.49. The van der Waals surface area contributed by atoms with Crippen LogP contribution in [-0.4, -0.2) is 56.7 Å². The van der Waals surface area contributed by atoms with Crippen LogP contribution in [0.1, 0.15) is 11.4 Å². The zero-order valence-corrected chi connectivity index (χ0v) is 15.6. The van der Waals surface area contributed by atoms with Crippen LogP contribution in [0.15, 0.2) is 48.8 Å². The molecule has 3 heterocycles. The minimum absolute atomic E-state index is 0.0539. The number of benzene rings is 1. The molecule has 1 aliphatic rings. The van der Waals surface area contributed by atoms with Crippen molar-refractivity contribution < 1.29 is 9.18 Å². The third-order valence-electron chi connectivity index (χ3n) is 4.96. The van der Waals surface area contributed by atoms with Crippen LogP contribution in [0.5, 0.6) is 0 Å². The van der Waals surface area contributed by atoms with E-state index in [0.717, 1.165) is 17.5 Å². The molecule has 3 aromatic rings. The first-order chi connectivity index (χ1) is 13.6. The van der Waals surface area contributed by atoms with Gasteiger partial charge >= 0.3 is 0 Å². The number of halogens is 1. The molecule has 0 N–H and O–H groups in total. The molecule has 0 unspecified atom stereocenters. The Morgan fingerprint density at radius 1 is 1.04 bits per heavy atom. The Morgan fingerprint density at radius 2 is 1.75 bits per heavy atom. The molecule has 1 aliphatic heterocycles. The minimum Gasteiger partial charge on any atom is -0.352 e. The molecular weight excluding hydrogens is 359 g/mol. The van der Waals surface area contributed by atoms with Gasteiger partial charge in [-0.3, -0.25) is 9.36 Å². The van der Waals surface area contributed by atoms with Gasteiger partial charge in [-0.2, -0.15) is 0 Å². The lowest BCUT2D eigenvalue weighted by atomic mass is 10.1. The van der Waals surface area contributed by atoms with Crippen LogP contribution in [0.2, 0.25) is 0 Å². The van der Waals surface area contributed by atoms with Crippen molar-refractivity contribution in [2.45, 2.75) is 13.3 Å². The second-order valence-corrected chi connectivity index (χ2v) is 6.73. The number of imidazole rings is 1. The van der Waals surface area contributed by atoms with Crippen molar-refractivity contribution in [1.82, 2.24) is 24.6 Å². The summed E-state index contributed by atoms with van der Waals surface area (Å²) < 4.78 is 15.6. The predicted octanol–water partition coefficient (Wildman–Crippen LogP) is 2.00. The quantitative estimate of drug-likeness (QED) is 0.693. The summed E-state index contributed by atoms with van der Waals surface area (Å²) in [6.07, 6.45) is 3.66. The molecule has 0 spiro atoms. The maximum Gasteiger partial charge on any atom is 0.227 e. The van der Waals surface area contributed by atoms with Crippen molar-refractivity contribution in [2.75, 3.05) is 31.1 Å². The SMILES string of the molecule is Cc1nccn1-c1ccc(N2CCN(C(=O)Cc3ccccc3F)CC2)nn1. The third-order valence-corrected chi connectivity index (χ3v) is 4.96. The summed E-state index contributed by atoms with van der Waals surface area (Å²) in [5.41, 5.74) is 0.436. The Kier molecular flexibility index (Phi) is 5.01. The monoisotopic (exact) mass is 380 g/mol. The van der Waals surface area contributed by atoms with Crippen molar-refractivity contribution in [3.63, 3.8) is 0 Å². The van der Waals surface area contributed by atoms with Crippen molar-refractivity contribution in [2.24, 2.45) is 0 Å². The lowest BCUT2D eigenvalue weighted by Gasteiger charge is -2.35. The standard InChI is InChI=1S/C20H21FN6O/c1-15-22-8-9-27(15)19-7-6-18(23-24-19)25-10-12-26(13-11-25)20(28)14-16-4-2-3-5-17(16)21/h2-9H,10-14H2,1H3. The number of aromatic nitrogens is 4. The van der Waals surface area contributed by atoms with Crippen LogP contribution in [-0.2, 0) is 11.2 Å². The van der Waals surface area contributed by atoms with Gasteiger partial charge in [0.2, 0.25) is 5.91 Å². The van der Waals surface area contributed by atoms with E-state index in [9.17, 15) is 9.18 Å². The molecule has 2 aromatic heterocycles. The number of rotatable bonds is 4. The molecule has 0 atom stereocenters. The Balaban J connectivity index is 1.35. The highest BCUT2D eigenvalue weighted by atomic mass is 19.1. The Morgan fingerprint density at radius 3 is 2.39 bits per heavy atom. The molecule has 0 bridgehead atoms. The topological polar surface area (TPSA) is 67.2 Å². The second-order valence-electron chi connectivity index (χ2n) is 6.73. The first kappa shape index (κ1) is 18.1. The molecule has 1 aromatic carbocycles. The number of hydrogen-bond donors (Lipinski definition) is 0. The molecule has 0 radical (unpaired) electrons. The Hall–Kier alpha value is -3.29. The van der Waals surface area contributed by atoms with Crippen LogP contribution >= 0.6 is 0 Å². The zero-order valence-electron chi connectivity index (χ0n) is 15.6. The summed E-state index contributed by atoms with van der Waals surface area (Å²) in [7, 11) is 0. The van der Waals surface area contributed by atoms with E-state index < -0.39 is 0 Å². The van der Waals surface area contributed by atoms with Crippen LogP contribution in [0.4, 0.5) is 10.2 Å². The number of nitrogens with zero attached hydrogens (tertiary/aromatic N) is 6. The number of anilines is 1. The fourth-order valence-corrected chi connectivity index (χ4v) is 3.34. The van der Waals surface area contributed by atoms with Gasteiger partial charge in [-0.05, 0) is 30.7 Å². The average molecular weight is 380 g/mol. The van der Waals surface area contributed by atoms with Gasteiger partial charge < -0.3 is 9.80 Å². The highest BCUT2D eigenvalue weighted by Gasteiger charge is 2.23. The number of amides is 1. The Labute approximate surface area is 162 Å². The minimum atomic E-state index is -0.335. The maximum absolute atomic E-state index is 13.8. The summed E-state index contributed by atoms with van der Waals surface area (Å²) in [5.74, 6) is 1.96.